The molecule has 0 atom stereocenters. The van der Waals surface area contributed by atoms with Crippen LogP contribution in [0.2, 0.25) is 0 Å². The van der Waals surface area contributed by atoms with Crippen molar-refractivity contribution in [3.8, 4) is 0 Å². The molecule has 0 bridgehead atoms. The SMILES string of the molecule is Cc1cccc(C(=O)Nc2ccc(CC(C)C)cc2)c1. The Bertz CT molecular complexity index is 585. The monoisotopic (exact) mass is 267 g/mol. The van der Waals surface area contributed by atoms with Gasteiger partial charge in [0, 0.05) is 11.3 Å². The highest BCUT2D eigenvalue weighted by molar-refractivity contribution is 6.04. The van der Waals surface area contributed by atoms with Crippen LogP contribution in [-0.2, 0) is 6.42 Å². The van der Waals surface area contributed by atoms with E-state index >= 15 is 0 Å². The Balaban J connectivity index is 2.04. The zero-order chi connectivity index (χ0) is 14.5. The van der Waals surface area contributed by atoms with Gasteiger partial charge in [0.1, 0.15) is 0 Å². The fourth-order valence-corrected chi connectivity index (χ4v) is 2.19. The number of hydrogen-bond donors (Lipinski definition) is 1. The van der Waals surface area contributed by atoms with Gasteiger partial charge in [-0.25, -0.2) is 0 Å². The molecule has 0 aromatic heterocycles. The molecule has 104 valence electrons. The maximum atomic E-state index is 12.1. The average molecular weight is 267 g/mol. The number of aryl methyl sites for hydroxylation is 1. The van der Waals surface area contributed by atoms with Crippen LogP contribution in [-0.4, -0.2) is 5.91 Å². The van der Waals surface area contributed by atoms with Gasteiger partial charge < -0.3 is 5.32 Å². The molecule has 0 aliphatic carbocycles. The molecule has 0 saturated carbocycles. The molecule has 0 heterocycles. The van der Waals surface area contributed by atoms with Crippen LogP contribution < -0.4 is 5.32 Å². The van der Waals surface area contributed by atoms with Crippen molar-refractivity contribution in [1.82, 2.24) is 0 Å². The van der Waals surface area contributed by atoms with E-state index in [1.54, 1.807) is 0 Å². The van der Waals surface area contributed by atoms with Crippen molar-refractivity contribution in [2.45, 2.75) is 27.2 Å². The lowest BCUT2D eigenvalue weighted by Gasteiger charge is -2.08. The van der Waals surface area contributed by atoms with E-state index in [9.17, 15) is 4.79 Å². The van der Waals surface area contributed by atoms with E-state index < -0.39 is 0 Å². The average Bonchev–Trinajstić information content (AvgIpc) is 2.40. The predicted molar refractivity (Wildman–Crippen MR) is 84.1 cm³/mol. The molecule has 2 nitrogen and oxygen atoms in total. The Morgan fingerprint density at radius 2 is 1.80 bits per heavy atom. The van der Waals surface area contributed by atoms with E-state index in [0.29, 0.717) is 11.5 Å². The van der Waals surface area contributed by atoms with E-state index in [4.69, 9.17) is 0 Å². The van der Waals surface area contributed by atoms with Gasteiger partial charge in [0.25, 0.3) is 5.91 Å². The summed E-state index contributed by atoms with van der Waals surface area (Å²) in [5.74, 6) is 0.577. The molecule has 2 heteroatoms. The van der Waals surface area contributed by atoms with Gasteiger partial charge in [0.15, 0.2) is 0 Å². The second-order valence-corrected chi connectivity index (χ2v) is 5.62. The van der Waals surface area contributed by atoms with Crippen LogP contribution in [0, 0.1) is 12.8 Å². The zero-order valence-corrected chi connectivity index (χ0v) is 12.3. The highest BCUT2D eigenvalue weighted by Gasteiger charge is 2.06. The maximum absolute atomic E-state index is 12.1. The summed E-state index contributed by atoms with van der Waals surface area (Å²) >= 11 is 0. The van der Waals surface area contributed by atoms with Gasteiger partial charge in [0.2, 0.25) is 0 Å². The van der Waals surface area contributed by atoms with Gasteiger partial charge in [-0.3, -0.25) is 4.79 Å². The van der Waals surface area contributed by atoms with Crippen LogP contribution in [0.5, 0.6) is 0 Å². The summed E-state index contributed by atoms with van der Waals surface area (Å²) in [7, 11) is 0. The van der Waals surface area contributed by atoms with Gasteiger partial charge in [-0.1, -0.05) is 43.7 Å². The number of benzene rings is 2. The van der Waals surface area contributed by atoms with E-state index in [0.717, 1.165) is 17.7 Å². The fraction of sp³-hybridized carbons (Fsp3) is 0.278. The number of carbonyl (C=O) groups is 1. The van der Waals surface area contributed by atoms with Crippen molar-refractivity contribution in [3.05, 3.63) is 65.2 Å². The lowest BCUT2D eigenvalue weighted by molar-refractivity contribution is 0.102. The first-order chi connectivity index (χ1) is 9.54. The topological polar surface area (TPSA) is 29.1 Å². The molecule has 1 amide bonds. The molecular weight excluding hydrogens is 246 g/mol. The van der Waals surface area contributed by atoms with Crippen LogP contribution in [0.3, 0.4) is 0 Å². The summed E-state index contributed by atoms with van der Waals surface area (Å²) in [6.45, 7) is 6.39. The van der Waals surface area contributed by atoms with E-state index in [2.05, 4.69) is 31.3 Å². The summed E-state index contributed by atoms with van der Waals surface area (Å²) in [5.41, 5.74) is 3.92. The molecular formula is C18H21NO. The van der Waals surface area contributed by atoms with E-state index in [1.807, 2.05) is 43.3 Å². The van der Waals surface area contributed by atoms with Crippen LogP contribution in [0.4, 0.5) is 5.69 Å². The van der Waals surface area contributed by atoms with Gasteiger partial charge in [-0.05, 0) is 49.1 Å². The molecule has 2 aromatic carbocycles. The first-order valence-electron chi connectivity index (χ1n) is 7.01. The molecule has 0 saturated heterocycles. The molecule has 2 aromatic rings. The highest BCUT2D eigenvalue weighted by Crippen LogP contribution is 2.14. The lowest BCUT2D eigenvalue weighted by atomic mass is 10.0. The summed E-state index contributed by atoms with van der Waals surface area (Å²) in [6.07, 6.45) is 1.06. The second kappa shape index (κ2) is 6.38. The van der Waals surface area contributed by atoms with E-state index in [1.165, 1.54) is 5.56 Å². The molecule has 0 aliphatic heterocycles. The summed E-state index contributed by atoms with van der Waals surface area (Å²) in [6, 6.07) is 15.7. The Kier molecular flexibility index (Phi) is 4.57. The summed E-state index contributed by atoms with van der Waals surface area (Å²) in [5, 5.41) is 2.93. The number of anilines is 1. The van der Waals surface area contributed by atoms with Gasteiger partial charge in [0.05, 0.1) is 0 Å². The minimum Gasteiger partial charge on any atom is -0.322 e. The number of rotatable bonds is 4. The van der Waals surface area contributed by atoms with Crippen LogP contribution in [0.25, 0.3) is 0 Å². The minimum absolute atomic E-state index is 0.0645. The zero-order valence-electron chi connectivity index (χ0n) is 12.3. The fourth-order valence-electron chi connectivity index (χ4n) is 2.19. The van der Waals surface area contributed by atoms with Crippen LogP contribution in [0.15, 0.2) is 48.5 Å². The summed E-state index contributed by atoms with van der Waals surface area (Å²) < 4.78 is 0. The lowest BCUT2D eigenvalue weighted by Crippen LogP contribution is -2.11. The van der Waals surface area contributed by atoms with Gasteiger partial charge in [-0.2, -0.15) is 0 Å². The highest BCUT2D eigenvalue weighted by atomic mass is 16.1. The largest absolute Gasteiger partial charge is 0.322 e. The molecule has 0 spiro atoms. The third-order valence-corrected chi connectivity index (χ3v) is 3.14. The molecule has 0 radical (unpaired) electrons. The van der Waals surface area contributed by atoms with E-state index in [-0.39, 0.29) is 5.91 Å². The van der Waals surface area contributed by atoms with Crippen molar-refractivity contribution in [1.29, 1.82) is 0 Å². The molecule has 2 rings (SSSR count). The first-order valence-corrected chi connectivity index (χ1v) is 7.01. The van der Waals surface area contributed by atoms with Crippen molar-refractivity contribution in [2.75, 3.05) is 5.32 Å². The number of carbonyl (C=O) groups excluding carboxylic acids is 1. The van der Waals surface area contributed by atoms with Crippen LogP contribution in [0.1, 0.15) is 35.3 Å². The maximum Gasteiger partial charge on any atom is 0.255 e. The Labute approximate surface area is 120 Å². The smallest absolute Gasteiger partial charge is 0.255 e. The minimum atomic E-state index is -0.0645. The molecule has 1 N–H and O–H groups in total. The standard InChI is InChI=1S/C18H21NO/c1-13(2)11-15-7-9-17(10-8-15)19-18(20)16-6-4-5-14(3)12-16/h4-10,12-13H,11H2,1-3H3,(H,19,20). The first kappa shape index (κ1) is 14.3. The quantitative estimate of drug-likeness (QED) is 0.871. The second-order valence-electron chi connectivity index (χ2n) is 5.62. The van der Waals surface area contributed by atoms with Crippen LogP contribution >= 0.6 is 0 Å². The molecule has 0 fully saturated rings. The Morgan fingerprint density at radius 1 is 1.10 bits per heavy atom. The normalized spacial score (nSPS) is 10.6. The number of amides is 1. The number of nitrogens with one attached hydrogen (secondary N) is 1. The van der Waals surface area contributed by atoms with Gasteiger partial charge >= 0.3 is 0 Å². The van der Waals surface area contributed by atoms with Crippen molar-refractivity contribution in [3.63, 3.8) is 0 Å². The van der Waals surface area contributed by atoms with Crippen molar-refractivity contribution < 1.29 is 4.79 Å². The molecule has 20 heavy (non-hydrogen) atoms. The number of hydrogen-bond acceptors (Lipinski definition) is 1. The van der Waals surface area contributed by atoms with Crippen molar-refractivity contribution in [2.24, 2.45) is 5.92 Å². The van der Waals surface area contributed by atoms with Crippen molar-refractivity contribution >= 4 is 11.6 Å². The third kappa shape index (κ3) is 3.95. The summed E-state index contributed by atoms with van der Waals surface area (Å²) in [4.78, 5) is 12.1. The Hall–Kier alpha value is -2.09. The predicted octanol–water partition coefficient (Wildman–Crippen LogP) is 4.45. The molecule has 0 unspecified atom stereocenters. The molecule has 0 aliphatic rings. The Morgan fingerprint density at radius 3 is 2.40 bits per heavy atom. The van der Waals surface area contributed by atoms with Gasteiger partial charge in [-0.15, -0.1) is 0 Å². The third-order valence-electron chi connectivity index (χ3n) is 3.14.